The van der Waals surface area contributed by atoms with Gasteiger partial charge in [-0.25, -0.2) is 0 Å². The summed E-state index contributed by atoms with van der Waals surface area (Å²) in [6.07, 6.45) is 3.10. The van der Waals surface area contributed by atoms with Crippen LogP contribution in [0.3, 0.4) is 0 Å². The van der Waals surface area contributed by atoms with Gasteiger partial charge in [0, 0.05) is 12.1 Å². The molecule has 0 heterocycles. The maximum atomic E-state index is 11.3. The molecule has 0 saturated carbocycles. The summed E-state index contributed by atoms with van der Waals surface area (Å²) in [7, 11) is 0. The number of nitrogens with one attached hydrogen (secondary N) is 1. The van der Waals surface area contributed by atoms with Crippen molar-refractivity contribution < 1.29 is 4.79 Å². The molecule has 0 bridgehead atoms. The van der Waals surface area contributed by atoms with E-state index < -0.39 is 0 Å². The first-order valence-electron chi connectivity index (χ1n) is 5.47. The Morgan fingerprint density at radius 3 is 2.88 bits per heavy atom. The molecule has 1 N–H and O–H groups in total. The number of hydrogen-bond donors (Lipinski definition) is 1. The van der Waals surface area contributed by atoms with Crippen molar-refractivity contribution >= 4 is 23.2 Å². The zero-order valence-electron chi connectivity index (χ0n) is 10.1. The molecule has 17 heavy (non-hydrogen) atoms. The van der Waals surface area contributed by atoms with E-state index in [0.717, 1.165) is 24.4 Å². The predicted molar refractivity (Wildman–Crippen MR) is 72.7 cm³/mol. The highest BCUT2D eigenvalue weighted by Gasteiger charge is 2.05. The number of benzene rings is 1. The molecule has 0 amide bonds. The van der Waals surface area contributed by atoms with Crippen molar-refractivity contribution in [2.24, 2.45) is 0 Å². The number of rotatable bonds is 6. The lowest BCUT2D eigenvalue weighted by Crippen LogP contribution is -2.05. The van der Waals surface area contributed by atoms with Crippen LogP contribution >= 0.6 is 11.8 Å². The minimum Gasteiger partial charge on any atom is -0.384 e. The Balaban J connectivity index is 2.77. The SMILES string of the molecule is CSCCCNc1cc(C(C)=O)ccc1C#N. The lowest BCUT2D eigenvalue weighted by molar-refractivity contribution is 0.101. The van der Waals surface area contributed by atoms with Gasteiger partial charge in [-0.1, -0.05) is 0 Å². The summed E-state index contributed by atoms with van der Waals surface area (Å²) in [4.78, 5) is 11.3. The van der Waals surface area contributed by atoms with E-state index in [2.05, 4.69) is 17.6 Å². The maximum absolute atomic E-state index is 11.3. The quantitative estimate of drug-likeness (QED) is 0.621. The predicted octanol–water partition coefficient (Wildman–Crippen LogP) is 2.93. The fourth-order valence-electron chi connectivity index (χ4n) is 1.45. The van der Waals surface area contributed by atoms with Crippen LogP contribution in [-0.2, 0) is 0 Å². The van der Waals surface area contributed by atoms with Crippen LogP contribution in [0.2, 0.25) is 0 Å². The summed E-state index contributed by atoms with van der Waals surface area (Å²) < 4.78 is 0. The van der Waals surface area contributed by atoms with Gasteiger partial charge < -0.3 is 5.32 Å². The molecule has 0 aliphatic rings. The van der Waals surface area contributed by atoms with Crippen LogP contribution in [0.15, 0.2) is 18.2 Å². The molecule has 1 aromatic carbocycles. The average molecular weight is 248 g/mol. The van der Waals surface area contributed by atoms with Gasteiger partial charge in [-0.15, -0.1) is 0 Å². The average Bonchev–Trinajstić information content (AvgIpc) is 2.34. The molecule has 0 spiro atoms. The van der Waals surface area contributed by atoms with E-state index in [0.29, 0.717) is 11.1 Å². The third-order valence-electron chi connectivity index (χ3n) is 2.39. The molecular formula is C13H16N2OS. The number of thioether (sulfide) groups is 1. The molecule has 1 aromatic rings. The Hall–Kier alpha value is -1.47. The van der Waals surface area contributed by atoms with Gasteiger partial charge >= 0.3 is 0 Å². The summed E-state index contributed by atoms with van der Waals surface area (Å²) in [5, 5.41) is 12.2. The summed E-state index contributed by atoms with van der Waals surface area (Å²) in [6.45, 7) is 2.34. The van der Waals surface area contributed by atoms with E-state index in [1.54, 1.807) is 30.0 Å². The van der Waals surface area contributed by atoms with Crippen molar-refractivity contribution in [3.05, 3.63) is 29.3 Å². The van der Waals surface area contributed by atoms with Crippen LogP contribution in [0, 0.1) is 11.3 Å². The van der Waals surface area contributed by atoms with Gasteiger partial charge in [0.2, 0.25) is 0 Å². The van der Waals surface area contributed by atoms with Crippen LogP contribution in [0.4, 0.5) is 5.69 Å². The van der Waals surface area contributed by atoms with Crippen LogP contribution in [-0.4, -0.2) is 24.3 Å². The third kappa shape index (κ3) is 4.12. The molecule has 1 rings (SSSR count). The number of carbonyl (C=O) groups excluding carboxylic acids is 1. The van der Waals surface area contributed by atoms with Crippen LogP contribution in [0.25, 0.3) is 0 Å². The second-order valence-electron chi connectivity index (χ2n) is 3.70. The highest BCUT2D eigenvalue weighted by molar-refractivity contribution is 7.98. The Kier molecular flexibility index (Phi) is 5.58. The summed E-state index contributed by atoms with van der Waals surface area (Å²) in [5.41, 5.74) is 1.97. The molecule has 0 atom stereocenters. The van der Waals surface area contributed by atoms with Crippen LogP contribution in [0.1, 0.15) is 29.3 Å². The Bertz CT molecular complexity index is 438. The second-order valence-corrected chi connectivity index (χ2v) is 4.69. The molecule has 0 aliphatic heterocycles. The molecule has 90 valence electrons. The molecular weight excluding hydrogens is 232 g/mol. The lowest BCUT2D eigenvalue weighted by atomic mass is 10.1. The molecule has 3 nitrogen and oxygen atoms in total. The fraction of sp³-hybridized carbons (Fsp3) is 0.385. The molecule has 0 fully saturated rings. The number of nitrogens with zero attached hydrogens (tertiary/aromatic N) is 1. The lowest BCUT2D eigenvalue weighted by Gasteiger charge is -2.09. The highest BCUT2D eigenvalue weighted by Crippen LogP contribution is 2.17. The zero-order chi connectivity index (χ0) is 12.7. The first-order chi connectivity index (χ1) is 8.19. The van der Waals surface area contributed by atoms with E-state index in [1.807, 2.05) is 0 Å². The molecule has 0 unspecified atom stereocenters. The van der Waals surface area contributed by atoms with Gasteiger partial charge in [0.25, 0.3) is 0 Å². The molecule has 0 saturated heterocycles. The van der Waals surface area contributed by atoms with Crippen LogP contribution < -0.4 is 5.32 Å². The summed E-state index contributed by atoms with van der Waals surface area (Å²) in [6, 6.07) is 7.25. The number of nitriles is 1. The summed E-state index contributed by atoms with van der Waals surface area (Å²) >= 11 is 1.80. The van der Waals surface area contributed by atoms with Crippen molar-refractivity contribution in [2.45, 2.75) is 13.3 Å². The molecule has 0 aromatic heterocycles. The van der Waals surface area contributed by atoms with Gasteiger partial charge in [-0.2, -0.15) is 17.0 Å². The number of Topliss-reactive ketones (excluding diaryl/α,β-unsaturated/α-hetero) is 1. The first kappa shape index (κ1) is 13.6. The minimum atomic E-state index is 0.0154. The second kappa shape index (κ2) is 6.97. The van der Waals surface area contributed by atoms with Crippen molar-refractivity contribution in [1.29, 1.82) is 5.26 Å². The highest BCUT2D eigenvalue weighted by atomic mass is 32.2. The van der Waals surface area contributed by atoms with Gasteiger partial charge in [0.15, 0.2) is 5.78 Å². The Morgan fingerprint density at radius 2 is 2.29 bits per heavy atom. The van der Waals surface area contributed by atoms with Gasteiger partial charge in [-0.3, -0.25) is 4.79 Å². The van der Waals surface area contributed by atoms with Crippen LogP contribution in [0.5, 0.6) is 0 Å². The zero-order valence-corrected chi connectivity index (χ0v) is 10.9. The fourth-order valence-corrected chi connectivity index (χ4v) is 1.88. The van der Waals surface area contributed by atoms with Crippen molar-refractivity contribution in [1.82, 2.24) is 0 Å². The number of hydrogen-bond acceptors (Lipinski definition) is 4. The van der Waals surface area contributed by atoms with E-state index in [9.17, 15) is 4.79 Å². The smallest absolute Gasteiger partial charge is 0.159 e. The van der Waals surface area contributed by atoms with E-state index in [-0.39, 0.29) is 5.78 Å². The summed E-state index contributed by atoms with van der Waals surface area (Å²) in [5.74, 6) is 1.10. The number of anilines is 1. The van der Waals surface area contributed by atoms with Gasteiger partial charge in [0.05, 0.1) is 11.3 Å². The van der Waals surface area contributed by atoms with Gasteiger partial charge in [-0.05, 0) is 43.6 Å². The first-order valence-corrected chi connectivity index (χ1v) is 6.86. The Morgan fingerprint density at radius 1 is 1.53 bits per heavy atom. The molecule has 4 heteroatoms. The molecule has 0 radical (unpaired) electrons. The third-order valence-corrected chi connectivity index (χ3v) is 3.08. The standard InChI is InChI=1S/C13H16N2OS/c1-10(16)11-4-5-12(9-14)13(8-11)15-6-3-7-17-2/h4-5,8,15H,3,6-7H2,1-2H3. The molecule has 0 aliphatic carbocycles. The van der Waals surface area contributed by atoms with Gasteiger partial charge in [0.1, 0.15) is 6.07 Å². The normalized spacial score (nSPS) is 9.71. The number of ketones is 1. The monoisotopic (exact) mass is 248 g/mol. The topological polar surface area (TPSA) is 52.9 Å². The van der Waals surface area contributed by atoms with E-state index >= 15 is 0 Å². The van der Waals surface area contributed by atoms with E-state index in [4.69, 9.17) is 5.26 Å². The Labute approximate surface area is 106 Å². The van der Waals surface area contributed by atoms with Crippen molar-refractivity contribution in [3.63, 3.8) is 0 Å². The van der Waals surface area contributed by atoms with Crippen molar-refractivity contribution in [2.75, 3.05) is 23.9 Å². The van der Waals surface area contributed by atoms with Crippen molar-refractivity contribution in [3.8, 4) is 6.07 Å². The maximum Gasteiger partial charge on any atom is 0.159 e. The number of carbonyl (C=O) groups is 1. The largest absolute Gasteiger partial charge is 0.384 e. The minimum absolute atomic E-state index is 0.0154. The van der Waals surface area contributed by atoms with E-state index in [1.165, 1.54) is 6.92 Å².